The van der Waals surface area contributed by atoms with E-state index in [0.717, 1.165) is 11.1 Å². The van der Waals surface area contributed by atoms with Gasteiger partial charge in [-0.2, -0.15) is 0 Å². The number of rotatable bonds is 3. The summed E-state index contributed by atoms with van der Waals surface area (Å²) in [5.41, 5.74) is 1.85. The highest BCUT2D eigenvalue weighted by molar-refractivity contribution is 6.33. The smallest absolute Gasteiger partial charge is 0.356 e. The van der Waals surface area contributed by atoms with E-state index < -0.39 is 5.97 Å². The SMILES string of the molecule is Cc1cccc(Oc2ccc(Cl)c(C(=O)O)n2)c1C. The Kier molecular flexibility index (Phi) is 3.71. The van der Waals surface area contributed by atoms with Crippen molar-refractivity contribution < 1.29 is 14.6 Å². The van der Waals surface area contributed by atoms with Gasteiger partial charge in [-0.1, -0.05) is 23.7 Å². The summed E-state index contributed by atoms with van der Waals surface area (Å²) >= 11 is 5.75. The maximum Gasteiger partial charge on any atom is 0.356 e. The third-order valence-electron chi connectivity index (χ3n) is 2.79. The van der Waals surface area contributed by atoms with Gasteiger partial charge in [0.05, 0.1) is 5.02 Å². The Morgan fingerprint density at radius 3 is 2.68 bits per heavy atom. The Labute approximate surface area is 115 Å². The van der Waals surface area contributed by atoms with E-state index in [4.69, 9.17) is 21.4 Å². The molecule has 0 radical (unpaired) electrons. The minimum Gasteiger partial charge on any atom is -0.476 e. The van der Waals surface area contributed by atoms with Gasteiger partial charge in [-0.3, -0.25) is 0 Å². The molecule has 0 fully saturated rings. The number of hydrogen-bond acceptors (Lipinski definition) is 3. The van der Waals surface area contributed by atoms with Gasteiger partial charge in [0.1, 0.15) is 5.75 Å². The van der Waals surface area contributed by atoms with Crippen molar-refractivity contribution in [1.29, 1.82) is 0 Å². The highest BCUT2D eigenvalue weighted by Gasteiger charge is 2.13. The number of aromatic nitrogens is 1. The van der Waals surface area contributed by atoms with Crippen LogP contribution in [-0.2, 0) is 0 Å². The predicted octanol–water partition coefficient (Wildman–Crippen LogP) is 3.84. The fourth-order valence-corrected chi connectivity index (χ4v) is 1.76. The Morgan fingerprint density at radius 1 is 1.26 bits per heavy atom. The molecule has 0 aliphatic rings. The van der Waals surface area contributed by atoms with Crippen LogP contribution in [0.1, 0.15) is 21.6 Å². The van der Waals surface area contributed by atoms with Gasteiger partial charge in [0.25, 0.3) is 0 Å². The van der Waals surface area contributed by atoms with Crippen molar-refractivity contribution in [1.82, 2.24) is 4.98 Å². The second-order valence-corrected chi connectivity index (χ2v) is 4.49. The summed E-state index contributed by atoms with van der Waals surface area (Å²) in [7, 11) is 0. The van der Waals surface area contributed by atoms with E-state index in [0.29, 0.717) is 5.75 Å². The number of hydrogen-bond donors (Lipinski definition) is 1. The van der Waals surface area contributed by atoms with E-state index in [1.807, 2.05) is 26.0 Å². The lowest BCUT2D eigenvalue weighted by atomic mass is 10.1. The van der Waals surface area contributed by atoms with Crippen LogP contribution in [0.2, 0.25) is 5.02 Å². The van der Waals surface area contributed by atoms with E-state index in [1.165, 1.54) is 12.1 Å². The lowest BCUT2D eigenvalue weighted by Gasteiger charge is -2.10. The lowest BCUT2D eigenvalue weighted by molar-refractivity contribution is 0.0690. The van der Waals surface area contributed by atoms with Crippen molar-refractivity contribution in [3.8, 4) is 11.6 Å². The molecule has 1 aromatic heterocycles. The molecule has 2 aromatic rings. The van der Waals surface area contributed by atoms with Crippen molar-refractivity contribution in [3.05, 3.63) is 52.2 Å². The van der Waals surface area contributed by atoms with Crippen LogP contribution in [0, 0.1) is 13.8 Å². The molecule has 0 amide bonds. The summed E-state index contributed by atoms with van der Waals surface area (Å²) in [5.74, 6) is -0.335. The Hall–Kier alpha value is -2.07. The van der Waals surface area contributed by atoms with Crippen molar-refractivity contribution in [2.75, 3.05) is 0 Å². The molecule has 0 aliphatic heterocycles. The molecule has 19 heavy (non-hydrogen) atoms. The zero-order valence-corrected chi connectivity index (χ0v) is 11.2. The zero-order valence-electron chi connectivity index (χ0n) is 10.5. The van der Waals surface area contributed by atoms with Gasteiger partial charge in [-0.25, -0.2) is 9.78 Å². The van der Waals surface area contributed by atoms with Crippen molar-refractivity contribution in [2.24, 2.45) is 0 Å². The molecule has 4 nitrogen and oxygen atoms in total. The van der Waals surface area contributed by atoms with Gasteiger partial charge in [0.2, 0.25) is 5.88 Å². The third kappa shape index (κ3) is 2.85. The largest absolute Gasteiger partial charge is 0.476 e. The number of halogens is 1. The number of aryl methyl sites for hydroxylation is 1. The van der Waals surface area contributed by atoms with Gasteiger partial charge in [-0.05, 0) is 37.1 Å². The molecular formula is C14H12ClNO3. The van der Waals surface area contributed by atoms with E-state index >= 15 is 0 Å². The number of ether oxygens (including phenoxy) is 1. The maximum atomic E-state index is 10.9. The fraction of sp³-hybridized carbons (Fsp3) is 0.143. The van der Waals surface area contributed by atoms with Crippen molar-refractivity contribution in [3.63, 3.8) is 0 Å². The number of carbonyl (C=O) groups is 1. The van der Waals surface area contributed by atoms with Crippen molar-refractivity contribution in [2.45, 2.75) is 13.8 Å². The van der Waals surface area contributed by atoms with Crippen LogP contribution < -0.4 is 4.74 Å². The van der Waals surface area contributed by atoms with E-state index in [-0.39, 0.29) is 16.6 Å². The number of carboxylic acid groups (broad SMARTS) is 1. The molecule has 2 rings (SSSR count). The molecular weight excluding hydrogens is 266 g/mol. The fourth-order valence-electron chi connectivity index (χ4n) is 1.58. The van der Waals surface area contributed by atoms with Crippen LogP contribution in [0.25, 0.3) is 0 Å². The number of benzene rings is 1. The van der Waals surface area contributed by atoms with E-state index in [9.17, 15) is 4.79 Å². The number of aromatic carboxylic acids is 1. The van der Waals surface area contributed by atoms with Crippen LogP contribution in [0.5, 0.6) is 11.6 Å². The Balaban J connectivity index is 2.36. The second-order valence-electron chi connectivity index (χ2n) is 4.09. The molecule has 1 heterocycles. The second kappa shape index (κ2) is 5.28. The molecule has 1 N–H and O–H groups in total. The van der Waals surface area contributed by atoms with E-state index in [2.05, 4.69) is 4.98 Å². The average Bonchev–Trinajstić information content (AvgIpc) is 2.37. The minimum absolute atomic E-state index is 0.0841. The predicted molar refractivity (Wildman–Crippen MR) is 72.2 cm³/mol. The minimum atomic E-state index is -1.18. The monoisotopic (exact) mass is 277 g/mol. The molecule has 0 unspecified atom stereocenters. The summed E-state index contributed by atoms with van der Waals surface area (Å²) < 4.78 is 5.60. The summed E-state index contributed by atoms with van der Waals surface area (Å²) in [6.45, 7) is 3.90. The van der Waals surface area contributed by atoms with Crippen LogP contribution >= 0.6 is 11.6 Å². The molecule has 98 valence electrons. The Morgan fingerprint density at radius 2 is 2.00 bits per heavy atom. The molecule has 0 aliphatic carbocycles. The van der Waals surface area contributed by atoms with Gasteiger partial charge in [-0.15, -0.1) is 0 Å². The Bertz CT molecular complexity index is 641. The summed E-state index contributed by atoms with van der Waals surface area (Å²) in [4.78, 5) is 14.8. The summed E-state index contributed by atoms with van der Waals surface area (Å²) in [6.07, 6.45) is 0. The van der Waals surface area contributed by atoms with Crippen LogP contribution in [0.4, 0.5) is 0 Å². The van der Waals surface area contributed by atoms with Gasteiger partial charge < -0.3 is 9.84 Å². The molecule has 5 heteroatoms. The normalized spacial score (nSPS) is 10.3. The highest BCUT2D eigenvalue weighted by Crippen LogP contribution is 2.27. The molecule has 0 bridgehead atoms. The number of nitrogens with zero attached hydrogens (tertiary/aromatic N) is 1. The van der Waals surface area contributed by atoms with Gasteiger partial charge >= 0.3 is 5.97 Å². The molecule has 0 saturated carbocycles. The first-order chi connectivity index (χ1) is 8.99. The zero-order chi connectivity index (χ0) is 14.0. The molecule has 0 spiro atoms. The van der Waals surface area contributed by atoms with E-state index in [1.54, 1.807) is 6.07 Å². The first-order valence-electron chi connectivity index (χ1n) is 5.63. The summed E-state index contributed by atoms with van der Waals surface area (Å²) in [6, 6.07) is 8.64. The number of carboxylic acids is 1. The maximum absolute atomic E-state index is 10.9. The topological polar surface area (TPSA) is 59.4 Å². The first kappa shape index (κ1) is 13.4. The van der Waals surface area contributed by atoms with Crippen LogP contribution in [0.3, 0.4) is 0 Å². The van der Waals surface area contributed by atoms with Crippen LogP contribution in [-0.4, -0.2) is 16.1 Å². The molecule has 0 atom stereocenters. The molecule has 0 saturated heterocycles. The van der Waals surface area contributed by atoms with Gasteiger partial charge in [0, 0.05) is 6.07 Å². The standard InChI is InChI=1S/C14H12ClNO3/c1-8-4-3-5-11(9(8)2)19-12-7-6-10(15)13(16-12)14(17)18/h3-7H,1-2H3,(H,17,18). The van der Waals surface area contributed by atoms with Crippen molar-refractivity contribution >= 4 is 17.6 Å². The van der Waals surface area contributed by atoms with Crippen LogP contribution in [0.15, 0.2) is 30.3 Å². The third-order valence-corrected chi connectivity index (χ3v) is 3.10. The highest BCUT2D eigenvalue weighted by atomic mass is 35.5. The molecule has 1 aromatic carbocycles. The summed E-state index contributed by atoms with van der Waals surface area (Å²) in [5, 5.41) is 9.04. The number of pyridine rings is 1. The van der Waals surface area contributed by atoms with Gasteiger partial charge in [0.15, 0.2) is 5.69 Å². The average molecular weight is 278 g/mol. The first-order valence-corrected chi connectivity index (χ1v) is 6.00. The quantitative estimate of drug-likeness (QED) is 0.926. The lowest BCUT2D eigenvalue weighted by Crippen LogP contribution is -2.02.